The number of urea groups is 1. The second kappa shape index (κ2) is 8.77. The molecule has 0 bridgehead atoms. The smallest absolute Gasteiger partial charge is 0.319 e. The number of para-hydroxylation sites is 2. The van der Waals surface area contributed by atoms with Gasteiger partial charge in [0.05, 0.1) is 24.6 Å². The van der Waals surface area contributed by atoms with Gasteiger partial charge in [-0.1, -0.05) is 12.1 Å². The third-order valence-corrected chi connectivity index (χ3v) is 3.26. The van der Waals surface area contributed by atoms with Gasteiger partial charge < -0.3 is 25.1 Å². The number of nitrogens with one attached hydrogen (secondary N) is 3. The summed E-state index contributed by atoms with van der Waals surface area (Å²) in [5.41, 5.74) is 0.539. The van der Waals surface area contributed by atoms with E-state index < -0.39 is 12.1 Å². The minimum Gasteiger partial charge on any atom is -0.489 e. The van der Waals surface area contributed by atoms with Crippen molar-refractivity contribution < 1.29 is 18.7 Å². The van der Waals surface area contributed by atoms with Crippen LogP contribution in [0.15, 0.2) is 47.1 Å². The van der Waals surface area contributed by atoms with Crippen LogP contribution in [0.1, 0.15) is 26.5 Å². The second-order valence-electron chi connectivity index (χ2n) is 5.78. The maximum Gasteiger partial charge on any atom is 0.319 e. The zero-order valence-electron chi connectivity index (χ0n) is 14.5. The summed E-state index contributed by atoms with van der Waals surface area (Å²) >= 11 is 0. The van der Waals surface area contributed by atoms with E-state index in [1.54, 1.807) is 37.3 Å². The Labute approximate surface area is 146 Å². The normalized spacial score (nSPS) is 11.7. The van der Waals surface area contributed by atoms with Crippen LogP contribution < -0.4 is 20.7 Å². The Balaban J connectivity index is 1.86. The number of hydrogen-bond donors (Lipinski definition) is 3. The summed E-state index contributed by atoms with van der Waals surface area (Å²) in [5, 5.41) is 7.98. The Morgan fingerprint density at radius 1 is 1.12 bits per heavy atom. The molecule has 2 aromatic rings. The molecule has 1 aromatic carbocycles. The minimum absolute atomic E-state index is 0.0164. The van der Waals surface area contributed by atoms with Crippen LogP contribution >= 0.6 is 0 Å². The van der Waals surface area contributed by atoms with Gasteiger partial charge in [-0.15, -0.1) is 0 Å². The molecule has 7 heteroatoms. The zero-order chi connectivity index (χ0) is 18.2. The molecule has 1 aromatic heterocycles. The predicted octanol–water partition coefficient (Wildman–Crippen LogP) is 2.89. The summed E-state index contributed by atoms with van der Waals surface area (Å²) in [6.45, 7) is 5.68. The molecule has 0 fully saturated rings. The first-order valence-corrected chi connectivity index (χ1v) is 8.09. The van der Waals surface area contributed by atoms with E-state index >= 15 is 0 Å². The molecule has 0 spiro atoms. The van der Waals surface area contributed by atoms with E-state index in [1.165, 1.54) is 6.26 Å². The monoisotopic (exact) mass is 345 g/mol. The number of hydrogen-bond acceptors (Lipinski definition) is 4. The molecule has 2 rings (SSSR count). The number of furan rings is 1. The van der Waals surface area contributed by atoms with E-state index in [0.717, 1.165) is 0 Å². The molecule has 3 amide bonds. The number of ether oxygens (including phenoxy) is 1. The summed E-state index contributed by atoms with van der Waals surface area (Å²) in [4.78, 5) is 24.1. The lowest BCUT2D eigenvalue weighted by Crippen LogP contribution is -2.46. The number of rotatable bonds is 7. The molecule has 0 saturated heterocycles. The zero-order valence-corrected chi connectivity index (χ0v) is 14.5. The lowest BCUT2D eigenvalue weighted by Gasteiger charge is -2.17. The molecular formula is C18H23N3O4. The lowest BCUT2D eigenvalue weighted by molar-refractivity contribution is -0.122. The maximum atomic E-state index is 12.1. The molecule has 1 atom stereocenters. The van der Waals surface area contributed by atoms with Gasteiger partial charge in [-0.05, 0) is 45.0 Å². The number of carbonyl (C=O) groups excluding carboxylic acids is 2. The van der Waals surface area contributed by atoms with Crippen molar-refractivity contribution in [2.75, 3.05) is 5.32 Å². The van der Waals surface area contributed by atoms with Crippen molar-refractivity contribution >= 4 is 17.6 Å². The van der Waals surface area contributed by atoms with E-state index in [4.69, 9.17) is 9.15 Å². The third-order valence-electron chi connectivity index (χ3n) is 3.26. The fourth-order valence-electron chi connectivity index (χ4n) is 2.09. The van der Waals surface area contributed by atoms with E-state index in [0.29, 0.717) is 17.2 Å². The van der Waals surface area contributed by atoms with Crippen molar-refractivity contribution in [2.45, 2.75) is 39.5 Å². The first-order valence-electron chi connectivity index (χ1n) is 8.09. The molecule has 1 heterocycles. The number of benzene rings is 1. The molecule has 0 aliphatic heterocycles. The average Bonchev–Trinajstić information content (AvgIpc) is 3.07. The fraction of sp³-hybridized carbons (Fsp3) is 0.333. The van der Waals surface area contributed by atoms with Crippen LogP contribution in [-0.4, -0.2) is 24.1 Å². The van der Waals surface area contributed by atoms with Gasteiger partial charge >= 0.3 is 6.03 Å². The van der Waals surface area contributed by atoms with Crippen LogP contribution in [0.3, 0.4) is 0 Å². The molecule has 7 nitrogen and oxygen atoms in total. The van der Waals surface area contributed by atoms with Crippen LogP contribution in [0.5, 0.6) is 5.75 Å². The number of amides is 3. The summed E-state index contributed by atoms with van der Waals surface area (Å²) < 4.78 is 10.8. The quantitative estimate of drug-likeness (QED) is 0.719. The third kappa shape index (κ3) is 5.87. The van der Waals surface area contributed by atoms with E-state index in [1.807, 2.05) is 19.9 Å². The van der Waals surface area contributed by atoms with Gasteiger partial charge in [0.2, 0.25) is 5.91 Å². The average molecular weight is 345 g/mol. The van der Waals surface area contributed by atoms with Crippen LogP contribution in [0.2, 0.25) is 0 Å². The van der Waals surface area contributed by atoms with Crippen molar-refractivity contribution in [1.29, 1.82) is 0 Å². The van der Waals surface area contributed by atoms with E-state index in [9.17, 15) is 9.59 Å². The van der Waals surface area contributed by atoms with E-state index in [2.05, 4.69) is 16.0 Å². The van der Waals surface area contributed by atoms with Crippen LogP contribution in [0, 0.1) is 0 Å². The highest BCUT2D eigenvalue weighted by Crippen LogP contribution is 2.24. The standard InChI is InChI=1S/C18H23N3O4/c1-12(2)25-16-9-5-4-8-15(16)21-18(23)20-13(3)17(22)19-11-14-7-6-10-24-14/h4-10,12-13H,11H2,1-3H3,(H,19,22)(H2,20,21,23). The van der Waals surface area contributed by atoms with Crippen molar-refractivity contribution in [3.8, 4) is 5.75 Å². The Morgan fingerprint density at radius 3 is 2.56 bits per heavy atom. The molecule has 25 heavy (non-hydrogen) atoms. The molecule has 3 N–H and O–H groups in total. The summed E-state index contributed by atoms with van der Waals surface area (Å²) in [5.74, 6) is 0.908. The topological polar surface area (TPSA) is 92.6 Å². The first kappa shape index (κ1) is 18.4. The second-order valence-corrected chi connectivity index (χ2v) is 5.78. The van der Waals surface area contributed by atoms with Gasteiger partial charge in [0, 0.05) is 0 Å². The van der Waals surface area contributed by atoms with Gasteiger partial charge in [-0.2, -0.15) is 0 Å². The van der Waals surface area contributed by atoms with E-state index in [-0.39, 0.29) is 18.6 Å². The largest absolute Gasteiger partial charge is 0.489 e. The summed E-state index contributed by atoms with van der Waals surface area (Å²) in [6, 6.07) is 9.44. The Morgan fingerprint density at radius 2 is 1.88 bits per heavy atom. The molecule has 1 unspecified atom stereocenters. The predicted molar refractivity (Wildman–Crippen MR) is 94.4 cm³/mol. The van der Waals surface area contributed by atoms with Gasteiger partial charge in [-0.3, -0.25) is 4.79 Å². The molecule has 134 valence electrons. The maximum absolute atomic E-state index is 12.1. The van der Waals surface area contributed by atoms with Crippen molar-refractivity contribution in [3.05, 3.63) is 48.4 Å². The molecule has 0 aliphatic rings. The Bertz CT molecular complexity index is 698. The molecule has 0 saturated carbocycles. The van der Waals surface area contributed by atoms with Gasteiger partial charge in [0.1, 0.15) is 17.6 Å². The minimum atomic E-state index is -0.701. The van der Waals surface area contributed by atoms with Gasteiger partial charge in [0.15, 0.2) is 0 Å². The molecule has 0 radical (unpaired) electrons. The highest BCUT2D eigenvalue weighted by molar-refractivity contribution is 5.94. The van der Waals surface area contributed by atoms with Crippen molar-refractivity contribution in [3.63, 3.8) is 0 Å². The van der Waals surface area contributed by atoms with Crippen LogP contribution in [-0.2, 0) is 11.3 Å². The Kier molecular flexibility index (Phi) is 6.45. The van der Waals surface area contributed by atoms with Crippen LogP contribution in [0.4, 0.5) is 10.5 Å². The van der Waals surface area contributed by atoms with Crippen molar-refractivity contribution in [1.82, 2.24) is 10.6 Å². The van der Waals surface area contributed by atoms with Crippen LogP contribution in [0.25, 0.3) is 0 Å². The SMILES string of the molecule is CC(C)Oc1ccccc1NC(=O)NC(C)C(=O)NCc1ccco1. The highest BCUT2D eigenvalue weighted by atomic mass is 16.5. The highest BCUT2D eigenvalue weighted by Gasteiger charge is 2.16. The lowest BCUT2D eigenvalue weighted by atomic mass is 10.3. The first-order chi connectivity index (χ1) is 12.0. The van der Waals surface area contributed by atoms with Crippen molar-refractivity contribution in [2.24, 2.45) is 0 Å². The molecule has 0 aliphatic carbocycles. The number of anilines is 1. The molecular weight excluding hydrogens is 322 g/mol. The number of carbonyl (C=O) groups is 2. The summed E-state index contributed by atoms with van der Waals surface area (Å²) in [6.07, 6.45) is 1.52. The fourth-order valence-corrected chi connectivity index (χ4v) is 2.09. The van der Waals surface area contributed by atoms with Gasteiger partial charge in [-0.25, -0.2) is 4.79 Å². The Hall–Kier alpha value is -2.96. The summed E-state index contributed by atoms with van der Waals surface area (Å²) in [7, 11) is 0. The van der Waals surface area contributed by atoms with Gasteiger partial charge in [0.25, 0.3) is 0 Å².